The average Bonchev–Trinajstić information content (AvgIpc) is 3.50. The van der Waals surface area contributed by atoms with Crippen LogP contribution in [-0.2, 0) is 5.41 Å². The van der Waals surface area contributed by atoms with Crippen LogP contribution in [0.5, 0.6) is 0 Å². The summed E-state index contributed by atoms with van der Waals surface area (Å²) < 4.78 is 0. The van der Waals surface area contributed by atoms with Gasteiger partial charge in [0, 0.05) is 17.3 Å². The summed E-state index contributed by atoms with van der Waals surface area (Å²) in [7, 11) is 0. The summed E-state index contributed by atoms with van der Waals surface area (Å²) in [5.41, 5.74) is 15.2. The van der Waals surface area contributed by atoms with E-state index in [1.165, 1.54) is 38.9 Å². The summed E-state index contributed by atoms with van der Waals surface area (Å²) in [6.07, 6.45) is 1.95. The van der Waals surface area contributed by atoms with Crippen LogP contribution in [-0.4, -0.2) is 9.97 Å². The first-order chi connectivity index (χ1) is 24.3. The molecule has 0 bridgehead atoms. The molecule has 0 spiro atoms. The molecule has 0 saturated carbocycles. The minimum atomic E-state index is -0.575. The SMILES string of the molecule is c1ccc(-c2cccc(-c3cc(-c4ccccc4)cc(-c4ccnc(C5(c6ccccc6)c6ccccc6-c6ccccc65)c4)n3)c2)cc1. The largest absolute Gasteiger partial charge is 0.260 e. The second-order valence-corrected chi connectivity index (χ2v) is 12.6. The highest BCUT2D eigenvalue weighted by Crippen LogP contribution is 2.55. The molecule has 230 valence electrons. The Morgan fingerprint density at radius 3 is 1.47 bits per heavy atom. The number of rotatable bonds is 6. The van der Waals surface area contributed by atoms with Gasteiger partial charge in [-0.05, 0) is 80.4 Å². The summed E-state index contributed by atoms with van der Waals surface area (Å²) >= 11 is 0. The monoisotopic (exact) mass is 624 g/mol. The Hall–Kier alpha value is -6.38. The zero-order valence-electron chi connectivity index (χ0n) is 26.9. The van der Waals surface area contributed by atoms with Crippen LogP contribution < -0.4 is 0 Å². The molecule has 6 aromatic carbocycles. The number of hydrogen-bond acceptors (Lipinski definition) is 2. The van der Waals surface area contributed by atoms with Gasteiger partial charge >= 0.3 is 0 Å². The Morgan fingerprint density at radius 2 is 0.837 bits per heavy atom. The second kappa shape index (κ2) is 12.0. The van der Waals surface area contributed by atoms with Gasteiger partial charge in [-0.3, -0.25) is 4.98 Å². The van der Waals surface area contributed by atoms with Gasteiger partial charge in [0.2, 0.25) is 0 Å². The summed E-state index contributed by atoms with van der Waals surface area (Å²) in [6.45, 7) is 0. The van der Waals surface area contributed by atoms with Gasteiger partial charge in [0.25, 0.3) is 0 Å². The van der Waals surface area contributed by atoms with E-state index in [1.54, 1.807) is 0 Å². The molecule has 0 aliphatic heterocycles. The number of benzene rings is 6. The highest BCUT2D eigenvalue weighted by Gasteiger charge is 2.47. The molecule has 2 aromatic heterocycles. The smallest absolute Gasteiger partial charge is 0.0886 e. The van der Waals surface area contributed by atoms with Crippen molar-refractivity contribution in [3.05, 3.63) is 217 Å². The van der Waals surface area contributed by atoms with E-state index in [0.29, 0.717) is 0 Å². The fraction of sp³-hybridized carbons (Fsp3) is 0.0213. The topological polar surface area (TPSA) is 25.8 Å². The van der Waals surface area contributed by atoms with Crippen LogP contribution in [0.3, 0.4) is 0 Å². The van der Waals surface area contributed by atoms with E-state index < -0.39 is 5.41 Å². The molecule has 8 aromatic rings. The molecule has 0 atom stereocenters. The second-order valence-electron chi connectivity index (χ2n) is 12.6. The third-order valence-electron chi connectivity index (χ3n) is 9.80. The number of hydrogen-bond donors (Lipinski definition) is 0. The van der Waals surface area contributed by atoms with E-state index in [4.69, 9.17) is 9.97 Å². The van der Waals surface area contributed by atoms with Crippen LogP contribution in [0.15, 0.2) is 194 Å². The van der Waals surface area contributed by atoms with Crippen molar-refractivity contribution < 1.29 is 0 Å². The quantitative estimate of drug-likeness (QED) is 0.184. The van der Waals surface area contributed by atoms with Crippen molar-refractivity contribution in [1.82, 2.24) is 9.97 Å². The van der Waals surface area contributed by atoms with Crippen LogP contribution in [0, 0.1) is 0 Å². The lowest BCUT2D eigenvalue weighted by Crippen LogP contribution is -2.29. The summed E-state index contributed by atoms with van der Waals surface area (Å²) in [4.78, 5) is 10.5. The Morgan fingerprint density at radius 1 is 0.347 bits per heavy atom. The minimum Gasteiger partial charge on any atom is -0.260 e. The maximum absolute atomic E-state index is 5.36. The van der Waals surface area contributed by atoms with Gasteiger partial charge in [0.15, 0.2) is 0 Å². The Bertz CT molecular complexity index is 2390. The normalized spacial score (nSPS) is 12.7. The molecular formula is C47H32N2. The van der Waals surface area contributed by atoms with Crippen molar-refractivity contribution in [3.8, 4) is 55.9 Å². The molecule has 0 unspecified atom stereocenters. The molecule has 0 fully saturated rings. The van der Waals surface area contributed by atoms with Gasteiger partial charge in [-0.25, -0.2) is 4.98 Å². The van der Waals surface area contributed by atoms with E-state index >= 15 is 0 Å². The zero-order chi connectivity index (χ0) is 32.6. The predicted molar refractivity (Wildman–Crippen MR) is 201 cm³/mol. The molecule has 49 heavy (non-hydrogen) atoms. The van der Waals surface area contributed by atoms with Crippen LogP contribution in [0.2, 0.25) is 0 Å². The Labute approximate surface area is 287 Å². The molecule has 2 nitrogen and oxygen atoms in total. The van der Waals surface area contributed by atoms with Gasteiger partial charge < -0.3 is 0 Å². The van der Waals surface area contributed by atoms with Gasteiger partial charge in [0.1, 0.15) is 0 Å². The van der Waals surface area contributed by atoms with Gasteiger partial charge in [-0.2, -0.15) is 0 Å². The molecule has 0 N–H and O–H groups in total. The van der Waals surface area contributed by atoms with Crippen molar-refractivity contribution in [2.24, 2.45) is 0 Å². The maximum Gasteiger partial charge on any atom is 0.0886 e. The minimum absolute atomic E-state index is 0.575. The summed E-state index contributed by atoms with van der Waals surface area (Å²) in [5, 5.41) is 0. The molecule has 0 amide bonds. The predicted octanol–water partition coefficient (Wildman–Crippen LogP) is 11.5. The molecular weight excluding hydrogens is 593 g/mol. The first-order valence-corrected chi connectivity index (χ1v) is 16.7. The summed E-state index contributed by atoms with van der Waals surface area (Å²) in [6, 6.07) is 66.9. The average molecular weight is 625 g/mol. The Balaban J connectivity index is 1.26. The van der Waals surface area contributed by atoms with Crippen molar-refractivity contribution >= 4 is 0 Å². The third-order valence-corrected chi connectivity index (χ3v) is 9.80. The van der Waals surface area contributed by atoms with Gasteiger partial charge in [-0.1, -0.05) is 158 Å². The van der Waals surface area contributed by atoms with Crippen molar-refractivity contribution in [1.29, 1.82) is 0 Å². The number of nitrogens with zero attached hydrogens (tertiary/aromatic N) is 2. The first kappa shape index (κ1) is 28.8. The fourth-order valence-electron chi connectivity index (χ4n) is 7.57. The standard InChI is InChI=1S/C47H32N2/c1-4-15-33(16-5-1)35-19-14-20-36(29-35)44-30-38(34-17-6-2-7-18-34)31-45(49-44)37-27-28-48-46(32-37)47(39-21-8-3-9-22-39)42-25-12-10-23-40(42)41-24-11-13-26-43(41)47/h1-32H. The van der Waals surface area contributed by atoms with E-state index in [1.807, 2.05) is 6.20 Å². The van der Waals surface area contributed by atoms with Crippen molar-refractivity contribution in [2.75, 3.05) is 0 Å². The maximum atomic E-state index is 5.36. The van der Waals surface area contributed by atoms with Crippen LogP contribution >= 0.6 is 0 Å². The molecule has 2 heteroatoms. The molecule has 0 radical (unpaired) electrons. The molecule has 0 saturated heterocycles. The molecule has 9 rings (SSSR count). The Kier molecular flexibility index (Phi) is 7.06. The van der Waals surface area contributed by atoms with Crippen LogP contribution in [0.25, 0.3) is 55.9 Å². The van der Waals surface area contributed by atoms with Gasteiger partial charge in [-0.15, -0.1) is 0 Å². The molecule has 1 aliphatic rings. The van der Waals surface area contributed by atoms with E-state index in [9.17, 15) is 0 Å². The van der Waals surface area contributed by atoms with E-state index in [0.717, 1.165) is 39.3 Å². The lowest BCUT2D eigenvalue weighted by atomic mass is 9.69. The third kappa shape index (κ3) is 4.89. The van der Waals surface area contributed by atoms with E-state index in [-0.39, 0.29) is 0 Å². The van der Waals surface area contributed by atoms with Crippen molar-refractivity contribution in [3.63, 3.8) is 0 Å². The van der Waals surface area contributed by atoms with E-state index in [2.05, 4.69) is 188 Å². The highest BCUT2D eigenvalue weighted by atomic mass is 14.7. The number of pyridine rings is 2. The zero-order valence-corrected chi connectivity index (χ0v) is 26.9. The molecule has 1 aliphatic carbocycles. The number of fused-ring (bicyclic) bond motifs is 3. The van der Waals surface area contributed by atoms with Gasteiger partial charge in [0.05, 0.1) is 22.5 Å². The van der Waals surface area contributed by atoms with Crippen LogP contribution in [0.4, 0.5) is 0 Å². The lowest BCUT2D eigenvalue weighted by Gasteiger charge is -2.32. The fourth-order valence-corrected chi connectivity index (χ4v) is 7.57. The summed E-state index contributed by atoms with van der Waals surface area (Å²) in [5.74, 6) is 0. The highest BCUT2D eigenvalue weighted by molar-refractivity contribution is 5.86. The molecule has 2 heterocycles. The van der Waals surface area contributed by atoms with Crippen molar-refractivity contribution in [2.45, 2.75) is 5.41 Å². The lowest BCUT2D eigenvalue weighted by molar-refractivity contribution is 0.735. The first-order valence-electron chi connectivity index (χ1n) is 16.7. The van der Waals surface area contributed by atoms with Crippen LogP contribution in [0.1, 0.15) is 22.4 Å². The number of aromatic nitrogens is 2.